The van der Waals surface area contributed by atoms with Gasteiger partial charge >= 0.3 is 0 Å². The molecule has 0 aliphatic carbocycles. The SMILES string of the molecule is Cc1ccn2c(=O)c(C(=O)N3CCCCC3C(C)N)cnc2c1. The molecule has 23 heavy (non-hydrogen) atoms. The van der Waals surface area contributed by atoms with Gasteiger partial charge < -0.3 is 10.6 Å². The number of nitrogens with zero attached hydrogens (tertiary/aromatic N) is 3. The molecule has 1 saturated heterocycles. The van der Waals surface area contributed by atoms with Crippen LogP contribution in [0, 0.1) is 6.92 Å². The summed E-state index contributed by atoms with van der Waals surface area (Å²) in [5.41, 5.74) is 7.38. The standard InChI is InChI=1S/C17H22N4O2/c1-11-6-8-21-15(9-11)19-10-13(17(21)23)16(22)20-7-4-3-5-14(20)12(2)18/h6,8-10,12,14H,3-5,7,18H2,1-2H3. The fourth-order valence-electron chi connectivity index (χ4n) is 3.23. The maximum atomic E-state index is 12.9. The van der Waals surface area contributed by atoms with Crippen LogP contribution in [0.15, 0.2) is 29.3 Å². The number of carbonyl (C=O) groups excluding carboxylic acids is 1. The second-order valence-corrected chi connectivity index (χ2v) is 6.33. The molecule has 6 nitrogen and oxygen atoms in total. The fourth-order valence-corrected chi connectivity index (χ4v) is 3.23. The van der Waals surface area contributed by atoms with Crippen molar-refractivity contribution in [2.75, 3.05) is 6.54 Å². The zero-order valence-corrected chi connectivity index (χ0v) is 13.5. The Hall–Kier alpha value is -2.21. The molecule has 6 heteroatoms. The van der Waals surface area contributed by atoms with Crippen molar-refractivity contribution in [3.63, 3.8) is 0 Å². The van der Waals surface area contributed by atoms with Crippen LogP contribution in [0.25, 0.3) is 5.65 Å². The number of aromatic nitrogens is 2. The average molecular weight is 314 g/mol. The van der Waals surface area contributed by atoms with E-state index in [4.69, 9.17) is 5.73 Å². The van der Waals surface area contributed by atoms with Gasteiger partial charge in [0.05, 0.1) is 0 Å². The molecule has 2 N–H and O–H groups in total. The molecule has 2 aromatic rings. The van der Waals surface area contributed by atoms with E-state index in [9.17, 15) is 9.59 Å². The van der Waals surface area contributed by atoms with Gasteiger partial charge in [0.1, 0.15) is 11.2 Å². The van der Waals surface area contributed by atoms with Crippen molar-refractivity contribution in [3.8, 4) is 0 Å². The number of hydrogen-bond donors (Lipinski definition) is 1. The van der Waals surface area contributed by atoms with Crippen LogP contribution in [0.5, 0.6) is 0 Å². The molecular weight excluding hydrogens is 292 g/mol. The lowest BCUT2D eigenvalue weighted by molar-refractivity contribution is 0.0581. The summed E-state index contributed by atoms with van der Waals surface area (Å²) in [6, 6.07) is 3.52. The third kappa shape index (κ3) is 2.86. The monoisotopic (exact) mass is 314 g/mol. The first kappa shape index (κ1) is 15.7. The van der Waals surface area contributed by atoms with Crippen molar-refractivity contribution >= 4 is 11.6 Å². The Bertz CT molecular complexity index is 797. The van der Waals surface area contributed by atoms with Crippen LogP contribution in [0.1, 0.15) is 42.1 Å². The number of amides is 1. The van der Waals surface area contributed by atoms with Gasteiger partial charge in [-0.05, 0) is 50.8 Å². The van der Waals surface area contributed by atoms with E-state index < -0.39 is 0 Å². The van der Waals surface area contributed by atoms with Crippen LogP contribution in [-0.4, -0.2) is 38.8 Å². The number of nitrogens with two attached hydrogens (primary N) is 1. The van der Waals surface area contributed by atoms with Crippen LogP contribution in [0.3, 0.4) is 0 Å². The summed E-state index contributed by atoms with van der Waals surface area (Å²) in [5.74, 6) is -0.264. The second-order valence-electron chi connectivity index (χ2n) is 6.33. The number of fused-ring (bicyclic) bond motifs is 1. The normalized spacial score (nSPS) is 19.8. The zero-order chi connectivity index (χ0) is 16.6. The maximum Gasteiger partial charge on any atom is 0.270 e. The molecule has 1 fully saturated rings. The highest BCUT2D eigenvalue weighted by molar-refractivity contribution is 5.94. The Morgan fingerprint density at radius 1 is 1.43 bits per heavy atom. The highest BCUT2D eigenvalue weighted by Crippen LogP contribution is 2.20. The van der Waals surface area contributed by atoms with Gasteiger partial charge in [0.25, 0.3) is 11.5 Å². The highest BCUT2D eigenvalue weighted by Gasteiger charge is 2.31. The number of piperidine rings is 1. The number of aryl methyl sites for hydroxylation is 1. The summed E-state index contributed by atoms with van der Waals surface area (Å²) in [4.78, 5) is 31.5. The molecule has 1 aliphatic rings. The highest BCUT2D eigenvalue weighted by atomic mass is 16.2. The molecule has 0 radical (unpaired) electrons. The predicted molar refractivity (Wildman–Crippen MR) is 88.5 cm³/mol. The van der Waals surface area contributed by atoms with E-state index in [1.165, 1.54) is 10.6 Å². The molecule has 0 saturated carbocycles. The van der Waals surface area contributed by atoms with Crippen LogP contribution in [0.2, 0.25) is 0 Å². The van der Waals surface area contributed by atoms with Crippen LogP contribution in [-0.2, 0) is 0 Å². The molecule has 3 rings (SSSR count). The van der Waals surface area contributed by atoms with Gasteiger partial charge in [-0.25, -0.2) is 4.98 Å². The van der Waals surface area contributed by atoms with Crippen molar-refractivity contribution < 1.29 is 4.79 Å². The van der Waals surface area contributed by atoms with E-state index in [-0.39, 0.29) is 29.1 Å². The molecular formula is C17H22N4O2. The molecule has 3 heterocycles. The average Bonchev–Trinajstić information content (AvgIpc) is 2.54. The third-order valence-electron chi connectivity index (χ3n) is 4.51. The molecule has 2 aromatic heterocycles. The Kier molecular flexibility index (Phi) is 4.17. The van der Waals surface area contributed by atoms with Crippen molar-refractivity contribution in [3.05, 3.63) is 46.0 Å². The largest absolute Gasteiger partial charge is 0.334 e. The summed E-state index contributed by atoms with van der Waals surface area (Å²) < 4.78 is 1.42. The number of pyridine rings is 1. The van der Waals surface area contributed by atoms with E-state index in [1.807, 2.05) is 26.0 Å². The predicted octanol–water partition coefficient (Wildman–Crippen LogP) is 1.34. The van der Waals surface area contributed by atoms with Gasteiger partial charge in [-0.3, -0.25) is 14.0 Å². The van der Waals surface area contributed by atoms with E-state index in [0.717, 1.165) is 24.8 Å². The third-order valence-corrected chi connectivity index (χ3v) is 4.51. The van der Waals surface area contributed by atoms with Gasteiger partial charge in [0.2, 0.25) is 0 Å². The van der Waals surface area contributed by atoms with Crippen LogP contribution in [0.4, 0.5) is 0 Å². The molecule has 0 aromatic carbocycles. The minimum Gasteiger partial charge on any atom is -0.334 e. The van der Waals surface area contributed by atoms with Crippen LogP contribution >= 0.6 is 0 Å². The first-order valence-electron chi connectivity index (χ1n) is 8.03. The maximum absolute atomic E-state index is 12.9. The van der Waals surface area contributed by atoms with Gasteiger partial charge in [-0.2, -0.15) is 0 Å². The first-order chi connectivity index (χ1) is 11.0. The molecule has 122 valence electrons. The summed E-state index contributed by atoms with van der Waals surface area (Å²) in [7, 11) is 0. The van der Waals surface area contributed by atoms with Crippen molar-refractivity contribution in [1.29, 1.82) is 0 Å². The number of rotatable bonds is 2. The smallest absolute Gasteiger partial charge is 0.270 e. The molecule has 1 amide bonds. The second kappa shape index (κ2) is 6.12. The number of likely N-dealkylation sites (tertiary alicyclic amines) is 1. The van der Waals surface area contributed by atoms with Crippen molar-refractivity contribution in [1.82, 2.24) is 14.3 Å². The molecule has 2 unspecified atom stereocenters. The Labute approximate surface area is 134 Å². The van der Waals surface area contributed by atoms with E-state index in [2.05, 4.69) is 4.98 Å². The Balaban J connectivity index is 2.02. The lowest BCUT2D eigenvalue weighted by atomic mass is 9.96. The van der Waals surface area contributed by atoms with Gasteiger partial charge in [-0.1, -0.05) is 0 Å². The quantitative estimate of drug-likeness (QED) is 0.907. The van der Waals surface area contributed by atoms with Gasteiger partial charge in [-0.15, -0.1) is 0 Å². The summed E-state index contributed by atoms with van der Waals surface area (Å²) >= 11 is 0. The molecule has 0 spiro atoms. The Morgan fingerprint density at radius 2 is 2.22 bits per heavy atom. The van der Waals surface area contributed by atoms with Gasteiger partial charge in [0, 0.05) is 31.0 Å². The lowest BCUT2D eigenvalue weighted by Gasteiger charge is -2.37. The van der Waals surface area contributed by atoms with Crippen molar-refractivity contribution in [2.24, 2.45) is 5.73 Å². The first-order valence-corrected chi connectivity index (χ1v) is 8.03. The van der Waals surface area contributed by atoms with E-state index >= 15 is 0 Å². The topological polar surface area (TPSA) is 80.7 Å². The summed E-state index contributed by atoms with van der Waals surface area (Å²) in [6.45, 7) is 4.48. The van der Waals surface area contributed by atoms with Crippen LogP contribution < -0.4 is 11.3 Å². The number of carbonyl (C=O) groups is 1. The fraction of sp³-hybridized carbons (Fsp3) is 0.471. The zero-order valence-electron chi connectivity index (χ0n) is 13.5. The van der Waals surface area contributed by atoms with E-state index in [1.54, 1.807) is 11.1 Å². The van der Waals surface area contributed by atoms with E-state index in [0.29, 0.717) is 12.2 Å². The summed E-state index contributed by atoms with van der Waals surface area (Å²) in [5, 5.41) is 0. The summed E-state index contributed by atoms with van der Waals surface area (Å²) in [6.07, 6.45) is 5.94. The van der Waals surface area contributed by atoms with Gasteiger partial charge in [0.15, 0.2) is 0 Å². The van der Waals surface area contributed by atoms with Crippen molar-refractivity contribution in [2.45, 2.75) is 45.2 Å². The minimum atomic E-state index is -0.325. The molecule has 1 aliphatic heterocycles. The lowest BCUT2D eigenvalue weighted by Crippen LogP contribution is -2.52. The molecule has 2 atom stereocenters. The Morgan fingerprint density at radius 3 is 2.96 bits per heavy atom. The minimum absolute atomic E-state index is 0.0191. The number of hydrogen-bond acceptors (Lipinski definition) is 4. The molecule has 0 bridgehead atoms.